The van der Waals surface area contributed by atoms with E-state index in [-0.39, 0.29) is 0 Å². The van der Waals surface area contributed by atoms with Crippen LogP contribution in [0.25, 0.3) is 0 Å². The molecule has 1 N–H and O–H groups in total. The zero-order chi connectivity index (χ0) is 7.56. The minimum absolute atomic E-state index is 0.521. The molecule has 0 atom stereocenters. The van der Waals surface area contributed by atoms with E-state index in [1.54, 1.807) is 6.20 Å². The number of rotatable bonds is 1. The predicted molar refractivity (Wildman–Crippen MR) is 43.5 cm³/mol. The summed E-state index contributed by atoms with van der Waals surface area (Å²) in [5.74, 6) is 0. The van der Waals surface area contributed by atoms with Crippen molar-refractivity contribution >= 4 is 17.3 Å². The average molecular weight is 157 g/mol. The number of anilines is 1. The van der Waals surface area contributed by atoms with E-state index in [0.717, 1.165) is 11.3 Å². The third kappa shape index (κ3) is 1.39. The van der Waals surface area contributed by atoms with Gasteiger partial charge in [0.1, 0.15) is 0 Å². The molecule has 2 nitrogen and oxygen atoms in total. The van der Waals surface area contributed by atoms with Gasteiger partial charge in [-0.2, -0.15) is 0 Å². The maximum Gasteiger partial charge on any atom is 0.152 e. The van der Waals surface area contributed by atoms with Crippen LogP contribution in [0.4, 0.5) is 5.69 Å². The molecule has 10 heavy (non-hydrogen) atoms. The van der Waals surface area contributed by atoms with E-state index in [2.05, 4.69) is 10.3 Å². The fourth-order valence-electron chi connectivity index (χ4n) is 0.728. The van der Waals surface area contributed by atoms with Gasteiger partial charge in [0.05, 0.1) is 5.69 Å². The molecule has 0 amide bonds. The lowest BCUT2D eigenvalue weighted by Crippen LogP contribution is -1.91. The number of nitrogens with one attached hydrogen (secondary N) is 1. The standard InChI is InChI=1S/C7H9ClN2/c1-5-3-6(9-2)7(8)10-4-5/h3-4,9H,1-2H3. The number of aryl methyl sites for hydroxylation is 1. The van der Waals surface area contributed by atoms with Crippen LogP contribution < -0.4 is 5.32 Å². The van der Waals surface area contributed by atoms with E-state index in [1.165, 1.54) is 0 Å². The Bertz CT molecular complexity index is 235. The highest BCUT2D eigenvalue weighted by atomic mass is 35.5. The molecule has 1 rings (SSSR count). The summed E-state index contributed by atoms with van der Waals surface area (Å²) in [6, 6.07) is 1.95. The monoisotopic (exact) mass is 156 g/mol. The summed E-state index contributed by atoms with van der Waals surface area (Å²) < 4.78 is 0. The maximum absolute atomic E-state index is 5.72. The van der Waals surface area contributed by atoms with Gasteiger partial charge >= 0.3 is 0 Å². The SMILES string of the molecule is CNc1cc(C)cnc1Cl. The van der Waals surface area contributed by atoms with Gasteiger partial charge < -0.3 is 5.32 Å². The summed E-state index contributed by atoms with van der Waals surface area (Å²) in [5, 5.41) is 3.46. The number of aromatic nitrogens is 1. The molecule has 0 spiro atoms. The van der Waals surface area contributed by atoms with Crippen LogP contribution in [0.3, 0.4) is 0 Å². The van der Waals surface area contributed by atoms with Gasteiger partial charge in [-0.1, -0.05) is 11.6 Å². The molecule has 0 saturated heterocycles. The van der Waals surface area contributed by atoms with Crippen LogP contribution in [0.1, 0.15) is 5.56 Å². The molecule has 0 aromatic carbocycles. The quantitative estimate of drug-likeness (QED) is 0.630. The summed E-state index contributed by atoms with van der Waals surface area (Å²) in [6.07, 6.45) is 1.74. The van der Waals surface area contributed by atoms with Gasteiger partial charge in [0.25, 0.3) is 0 Å². The fraction of sp³-hybridized carbons (Fsp3) is 0.286. The van der Waals surface area contributed by atoms with Crippen LogP contribution in [0.5, 0.6) is 0 Å². The van der Waals surface area contributed by atoms with Crippen LogP contribution >= 0.6 is 11.6 Å². The van der Waals surface area contributed by atoms with E-state index >= 15 is 0 Å². The molecule has 0 radical (unpaired) electrons. The Morgan fingerprint density at radius 1 is 1.60 bits per heavy atom. The van der Waals surface area contributed by atoms with Crippen LogP contribution in [0, 0.1) is 6.92 Å². The third-order valence-corrected chi connectivity index (χ3v) is 1.55. The number of halogens is 1. The fourth-order valence-corrected chi connectivity index (χ4v) is 0.926. The van der Waals surface area contributed by atoms with Gasteiger partial charge in [-0.05, 0) is 18.6 Å². The van der Waals surface area contributed by atoms with E-state index in [4.69, 9.17) is 11.6 Å². The van der Waals surface area contributed by atoms with E-state index in [1.807, 2.05) is 20.0 Å². The normalized spacial score (nSPS) is 9.50. The van der Waals surface area contributed by atoms with Crippen molar-refractivity contribution in [3.05, 3.63) is 23.0 Å². The molecular formula is C7H9ClN2. The Kier molecular flexibility index (Phi) is 2.12. The summed E-state index contributed by atoms with van der Waals surface area (Å²) in [4.78, 5) is 3.95. The minimum atomic E-state index is 0.521. The van der Waals surface area contributed by atoms with Crippen molar-refractivity contribution < 1.29 is 0 Å². The van der Waals surface area contributed by atoms with Crippen LogP contribution in [-0.2, 0) is 0 Å². The van der Waals surface area contributed by atoms with E-state index < -0.39 is 0 Å². The Balaban J connectivity index is 3.09. The van der Waals surface area contributed by atoms with Crippen molar-refractivity contribution in [2.75, 3.05) is 12.4 Å². The molecule has 54 valence electrons. The second-order valence-electron chi connectivity index (χ2n) is 2.10. The van der Waals surface area contributed by atoms with Crippen molar-refractivity contribution in [2.24, 2.45) is 0 Å². The molecule has 0 unspecified atom stereocenters. The predicted octanol–water partition coefficient (Wildman–Crippen LogP) is 2.09. The van der Waals surface area contributed by atoms with Crippen molar-refractivity contribution in [1.82, 2.24) is 4.98 Å². The zero-order valence-electron chi connectivity index (χ0n) is 5.98. The largest absolute Gasteiger partial charge is 0.386 e. The third-order valence-electron chi connectivity index (χ3n) is 1.25. The van der Waals surface area contributed by atoms with E-state index in [0.29, 0.717) is 5.15 Å². The van der Waals surface area contributed by atoms with Crippen LogP contribution in [-0.4, -0.2) is 12.0 Å². The summed E-state index contributed by atoms with van der Waals surface area (Å²) in [5.41, 5.74) is 1.98. The van der Waals surface area contributed by atoms with Gasteiger partial charge in [0.2, 0.25) is 0 Å². The topological polar surface area (TPSA) is 24.9 Å². The van der Waals surface area contributed by atoms with Crippen LogP contribution in [0.15, 0.2) is 12.3 Å². The summed E-state index contributed by atoms with van der Waals surface area (Å²) >= 11 is 5.72. The first-order valence-electron chi connectivity index (χ1n) is 3.04. The Morgan fingerprint density at radius 3 is 2.80 bits per heavy atom. The van der Waals surface area contributed by atoms with Crippen LogP contribution in [0.2, 0.25) is 5.15 Å². The number of hydrogen-bond donors (Lipinski definition) is 1. The van der Waals surface area contributed by atoms with Gasteiger partial charge in [-0.15, -0.1) is 0 Å². The molecule has 0 fully saturated rings. The summed E-state index contributed by atoms with van der Waals surface area (Å²) in [6.45, 7) is 1.98. The summed E-state index contributed by atoms with van der Waals surface area (Å²) in [7, 11) is 1.82. The number of pyridine rings is 1. The van der Waals surface area contributed by atoms with Crippen molar-refractivity contribution in [2.45, 2.75) is 6.92 Å². The first-order chi connectivity index (χ1) is 4.74. The second kappa shape index (κ2) is 2.88. The van der Waals surface area contributed by atoms with E-state index in [9.17, 15) is 0 Å². The Hall–Kier alpha value is -0.760. The first kappa shape index (κ1) is 7.35. The van der Waals surface area contributed by atoms with Gasteiger partial charge in [0.15, 0.2) is 5.15 Å². The molecule has 1 heterocycles. The lowest BCUT2D eigenvalue weighted by atomic mass is 10.3. The average Bonchev–Trinajstić information content (AvgIpc) is 1.94. The zero-order valence-corrected chi connectivity index (χ0v) is 6.74. The second-order valence-corrected chi connectivity index (χ2v) is 2.46. The maximum atomic E-state index is 5.72. The Labute approximate surface area is 65.2 Å². The highest BCUT2D eigenvalue weighted by molar-refractivity contribution is 6.31. The van der Waals surface area contributed by atoms with Gasteiger partial charge in [0, 0.05) is 13.2 Å². The molecule has 0 saturated carbocycles. The molecular weight excluding hydrogens is 148 g/mol. The van der Waals surface area contributed by atoms with Gasteiger partial charge in [-0.3, -0.25) is 0 Å². The molecule has 1 aromatic heterocycles. The molecule has 0 bridgehead atoms. The molecule has 0 aliphatic heterocycles. The minimum Gasteiger partial charge on any atom is -0.386 e. The Morgan fingerprint density at radius 2 is 2.30 bits per heavy atom. The van der Waals surface area contributed by atoms with Crippen molar-refractivity contribution in [1.29, 1.82) is 0 Å². The van der Waals surface area contributed by atoms with Gasteiger partial charge in [-0.25, -0.2) is 4.98 Å². The highest BCUT2D eigenvalue weighted by Crippen LogP contribution is 2.18. The molecule has 0 aliphatic rings. The smallest absolute Gasteiger partial charge is 0.152 e. The first-order valence-corrected chi connectivity index (χ1v) is 3.41. The lowest BCUT2D eigenvalue weighted by Gasteiger charge is -2.01. The molecule has 1 aromatic rings. The van der Waals surface area contributed by atoms with Crippen molar-refractivity contribution in [3.63, 3.8) is 0 Å². The highest BCUT2D eigenvalue weighted by Gasteiger charge is 1.96. The molecule has 3 heteroatoms. The van der Waals surface area contributed by atoms with Crippen molar-refractivity contribution in [3.8, 4) is 0 Å². The number of nitrogens with zero attached hydrogens (tertiary/aromatic N) is 1. The number of hydrogen-bond acceptors (Lipinski definition) is 2. The molecule has 0 aliphatic carbocycles. The lowest BCUT2D eigenvalue weighted by molar-refractivity contribution is 1.26.